The average molecular weight is 213 g/mol. The van der Waals surface area contributed by atoms with Gasteiger partial charge in [0.1, 0.15) is 6.04 Å². The number of nitrogens with two attached hydrogens (primary N) is 1. The van der Waals surface area contributed by atoms with Gasteiger partial charge in [0, 0.05) is 0 Å². The smallest absolute Gasteiger partial charge is 0.323 e. The maximum Gasteiger partial charge on any atom is 0.323 e. The van der Waals surface area contributed by atoms with E-state index in [1.54, 1.807) is 0 Å². The van der Waals surface area contributed by atoms with Crippen molar-refractivity contribution in [2.75, 3.05) is 6.61 Å². The Morgan fingerprint density at radius 2 is 2.00 bits per heavy atom. The fraction of sp³-hybridized carbons (Fsp3) is 0.917. The highest BCUT2D eigenvalue weighted by atomic mass is 16.5. The van der Waals surface area contributed by atoms with Gasteiger partial charge in [-0.1, -0.05) is 13.8 Å². The molecule has 1 saturated carbocycles. The highest BCUT2D eigenvalue weighted by molar-refractivity contribution is 5.75. The second-order valence-electron chi connectivity index (χ2n) is 5.28. The van der Waals surface area contributed by atoms with Gasteiger partial charge in [0.05, 0.1) is 6.61 Å². The summed E-state index contributed by atoms with van der Waals surface area (Å²) in [6, 6.07) is -0.416. The molecule has 0 radical (unpaired) electrons. The van der Waals surface area contributed by atoms with Crippen molar-refractivity contribution >= 4 is 5.97 Å². The summed E-state index contributed by atoms with van der Waals surface area (Å²) in [5.41, 5.74) is 6.31. The highest BCUT2D eigenvalue weighted by Crippen LogP contribution is 2.38. The monoisotopic (exact) mass is 213 g/mol. The molecular formula is C12H23NO2. The molecule has 15 heavy (non-hydrogen) atoms. The normalized spacial score (nSPS) is 23.5. The van der Waals surface area contributed by atoms with Gasteiger partial charge in [-0.2, -0.15) is 0 Å². The van der Waals surface area contributed by atoms with E-state index in [1.165, 1.54) is 0 Å². The summed E-state index contributed by atoms with van der Waals surface area (Å²) in [6.07, 6.45) is 4.41. The molecule has 1 rings (SSSR count). The van der Waals surface area contributed by atoms with Gasteiger partial charge in [0.15, 0.2) is 0 Å². The molecule has 2 N–H and O–H groups in total. The quantitative estimate of drug-likeness (QED) is 0.730. The van der Waals surface area contributed by atoms with Crippen molar-refractivity contribution in [1.29, 1.82) is 0 Å². The van der Waals surface area contributed by atoms with Crippen LogP contribution in [-0.4, -0.2) is 18.6 Å². The fourth-order valence-electron chi connectivity index (χ4n) is 2.21. The van der Waals surface area contributed by atoms with Gasteiger partial charge in [-0.05, 0) is 43.9 Å². The minimum Gasteiger partial charge on any atom is -0.465 e. The zero-order valence-corrected chi connectivity index (χ0v) is 10.1. The zero-order valence-electron chi connectivity index (χ0n) is 10.1. The second-order valence-corrected chi connectivity index (χ2v) is 5.28. The van der Waals surface area contributed by atoms with Gasteiger partial charge in [-0.15, -0.1) is 0 Å². The Balaban J connectivity index is 2.42. The van der Waals surface area contributed by atoms with Crippen LogP contribution in [0.1, 0.15) is 46.5 Å². The minimum atomic E-state index is -0.416. The molecule has 0 aromatic heterocycles. The molecule has 1 fully saturated rings. The Kier molecular flexibility index (Phi) is 4.14. The van der Waals surface area contributed by atoms with Crippen molar-refractivity contribution in [2.24, 2.45) is 17.1 Å². The van der Waals surface area contributed by atoms with Crippen LogP contribution in [0.2, 0.25) is 0 Å². The molecule has 0 saturated heterocycles. The van der Waals surface area contributed by atoms with Crippen molar-refractivity contribution in [3.05, 3.63) is 0 Å². The predicted molar refractivity (Wildman–Crippen MR) is 60.3 cm³/mol. The molecule has 0 spiro atoms. The van der Waals surface area contributed by atoms with Gasteiger partial charge in [-0.3, -0.25) is 4.79 Å². The maximum atomic E-state index is 11.5. The highest BCUT2D eigenvalue weighted by Gasteiger charge is 2.33. The van der Waals surface area contributed by atoms with E-state index in [9.17, 15) is 4.79 Å². The molecule has 0 aromatic rings. The first-order valence-corrected chi connectivity index (χ1v) is 5.88. The van der Waals surface area contributed by atoms with Crippen LogP contribution in [0.15, 0.2) is 0 Å². The van der Waals surface area contributed by atoms with Crippen molar-refractivity contribution in [3.8, 4) is 0 Å². The lowest BCUT2D eigenvalue weighted by molar-refractivity contribution is -0.146. The van der Waals surface area contributed by atoms with E-state index in [-0.39, 0.29) is 5.97 Å². The van der Waals surface area contributed by atoms with Gasteiger partial charge in [0.2, 0.25) is 0 Å². The number of hydrogen-bond acceptors (Lipinski definition) is 3. The molecule has 3 nitrogen and oxygen atoms in total. The number of carbonyl (C=O) groups is 1. The van der Waals surface area contributed by atoms with E-state index in [0.717, 1.165) is 25.7 Å². The van der Waals surface area contributed by atoms with Crippen LogP contribution in [0.25, 0.3) is 0 Å². The number of carbonyl (C=O) groups excluding carboxylic acids is 1. The maximum absolute atomic E-state index is 11.5. The summed E-state index contributed by atoms with van der Waals surface area (Å²) in [7, 11) is 0. The van der Waals surface area contributed by atoms with Crippen LogP contribution in [0.5, 0.6) is 0 Å². The second kappa shape index (κ2) is 4.97. The Labute approximate surface area is 92.4 Å². The summed E-state index contributed by atoms with van der Waals surface area (Å²) in [5.74, 6) is 0.0827. The molecule has 0 amide bonds. The van der Waals surface area contributed by atoms with E-state index >= 15 is 0 Å². The van der Waals surface area contributed by atoms with Gasteiger partial charge < -0.3 is 10.5 Å². The van der Waals surface area contributed by atoms with E-state index in [1.807, 2.05) is 6.92 Å². The molecule has 1 aliphatic carbocycles. The number of rotatable bonds is 3. The Morgan fingerprint density at radius 3 is 2.47 bits per heavy atom. The average Bonchev–Trinajstić information content (AvgIpc) is 2.17. The largest absolute Gasteiger partial charge is 0.465 e. The lowest BCUT2D eigenvalue weighted by atomic mass is 9.71. The molecule has 0 bridgehead atoms. The Morgan fingerprint density at radius 1 is 1.47 bits per heavy atom. The zero-order chi connectivity index (χ0) is 11.5. The third-order valence-electron chi connectivity index (χ3n) is 3.45. The Bertz CT molecular complexity index is 216. The molecule has 88 valence electrons. The molecule has 0 aliphatic heterocycles. The number of esters is 1. The molecule has 1 atom stereocenters. The van der Waals surface area contributed by atoms with Crippen molar-refractivity contribution in [1.82, 2.24) is 0 Å². The van der Waals surface area contributed by atoms with Crippen LogP contribution in [0.3, 0.4) is 0 Å². The first-order chi connectivity index (χ1) is 6.96. The summed E-state index contributed by atoms with van der Waals surface area (Å²) >= 11 is 0. The topological polar surface area (TPSA) is 52.3 Å². The lowest BCUT2D eigenvalue weighted by Gasteiger charge is -2.35. The summed E-state index contributed by atoms with van der Waals surface area (Å²) in [4.78, 5) is 11.5. The first-order valence-electron chi connectivity index (χ1n) is 5.88. The SMILES string of the molecule is CCOC(=O)C(N)C1CCC(C)(C)CC1. The van der Waals surface area contributed by atoms with Crippen LogP contribution < -0.4 is 5.73 Å². The van der Waals surface area contributed by atoms with Crippen LogP contribution in [0, 0.1) is 11.3 Å². The molecule has 0 heterocycles. The standard InChI is InChI=1S/C12H23NO2/c1-4-15-11(14)10(13)9-5-7-12(2,3)8-6-9/h9-10H,4-8,13H2,1-3H3. The third-order valence-corrected chi connectivity index (χ3v) is 3.45. The summed E-state index contributed by atoms with van der Waals surface area (Å²) < 4.78 is 4.94. The molecule has 1 aliphatic rings. The van der Waals surface area contributed by atoms with Crippen molar-refractivity contribution < 1.29 is 9.53 Å². The van der Waals surface area contributed by atoms with Gasteiger partial charge in [0.25, 0.3) is 0 Å². The van der Waals surface area contributed by atoms with Crippen LogP contribution >= 0.6 is 0 Å². The molecular weight excluding hydrogens is 190 g/mol. The summed E-state index contributed by atoms with van der Waals surface area (Å²) in [5, 5.41) is 0. The minimum absolute atomic E-state index is 0.234. The Hall–Kier alpha value is -0.570. The van der Waals surface area contributed by atoms with Crippen molar-refractivity contribution in [2.45, 2.75) is 52.5 Å². The molecule has 3 heteroatoms. The number of hydrogen-bond donors (Lipinski definition) is 1. The van der Waals surface area contributed by atoms with Gasteiger partial charge >= 0.3 is 5.97 Å². The van der Waals surface area contributed by atoms with Gasteiger partial charge in [-0.25, -0.2) is 0 Å². The van der Waals surface area contributed by atoms with E-state index in [2.05, 4.69) is 13.8 Å². The predicted octanol–water partition coefficient (Wildman–Crippen LogP) is 2.09. The van der Waals surface area contributed by atoms with Crippen LogP contribution in [-0.2, 0) is 9.53 Å². The fourth-order valence-corrected chi connectivity index (χ4v) is 2.21. The van der Waals surface area contributed by atoms with E-state index < -0.39 is 6.04 Å². The summed E-state index contributed by atoms with van der Waals surface area (Å²) in [6.45, 7) is 6.79. The number of ether oxygens (including phenoxy) is 1. The van der Waals surface area contributed by atoms with E-state index in [0.29, 0.717) is 17.9 Å². The van der Waals surface area contributed by atoms with E-state index in [4.69, 9.17) is 10.5 Å². The van der Waals surface area contributed by atoms with Crippen molar-refractivity contribution in [3.63, 3.8) is 0 Å². The van der Waals surface area contributed by atoms with Crippen LogP contribution in [0.4, 0.5) is 0 Å². The first kappa shape index (κ1) is 12.5. The molecule has 0 aromatic carbocycles. The third kappa shape index (κ3) is 3.49. The molecule has 1 unspecified atom stereocenters. The lowest BCUT2D eigenvalue weighted by Crippen LogP contribution is -2.42.